The van der Waals surface area contributed by atoms with Crippen molar-refractivity contribution in [2.24, 2.45) is 0 Å². The third kappa shape index (κ3) is 3.35. The van der Waals surface area contributed by atoms with Crippen LogP contribution in [0.1, 0.15) is 71.4 Å². The number of anilines is 2. The summed E-state index contributed by atoms with van der Waals surface area (Å²) in [6.07, 6.45) is 5.03. The van der Waals surface area contributed by atoms with Crippen LogP contribution >= 0.6 is 0 Å². The molecule has 1 heteroatoms. The van der Waals surface area contributed by atoms with Gasteiger partial charge in [-0.3, -0.25) is 0 Å². The molecule has 0 radical (unpaired) electrons. The summed E-state index contributed by atoms with van der Waals surface area (Å²) in [5.74, 6) is 0. The van der Waals surface area contributed by atoms with Crippen molar-refractivity contribution in [3.63, 3.8) is 0 Å². The number of hydrogen-bond donors (Lipinski definition) is 0. The van der Waals surface area contributed by atoms with Crippen molar-refractivity contribution in [2.75, 3.05) is 4.90 Å². The van der Waals surface area contributed by atoms with Gasteiger partial charge in [-0.2, -0.15) is 0 Å². The Balaban J connectivity index is 1.33. The smallest absolute Gasteiger partial charge is 0.0517 e. The summed E-state index contributed by atoms with van der Waals surface area (Å²) in [6.45, 7) is 12.0. The molecule has 2 aliphatic rings. The second-order valence-electron chi connectivity index (χ2n) is 14.1. The molecule has 6 aromatic carbocycles. The van der Waals surface area contributed by atoms with Crippen LogP contribution in [-0.4, -0.2) is 5.54 Å². The van der Waals surface area contributed by atoms with Gasteiger partial charge in [-0.05, 0) is 104 Å². The molecule has 1 fully saturated rings. The van der Waals surface area contributed by atoms with E-state index in [1.165, 1.54) is 91.6 Å². The number of fused-ring (bicyclic) bond motifs is 3. The minimum Gasteiger partial charge on any atom is -0.334 e. The molecule has 0 N–H and O–H groups in total. The molecule has 1 aliphatic heterocycles. The van der Waals surface area contributed by atoms with Gasteiger partial charge in [0.1, 0.15) is 0 Å². The summed E-state index contributed by atoms with van der Waals surface area (Å²) in [4.78, 5) is 2.70. The Kier molecular flexibility index (Phi) is 5.08. The van der Waals surface area contributed by atoms with Crippen LogP contribution in [0.25, 0.3) is 43.4 Å². The van der Waals surface area contributed by atoms with Gasteiger partial charge in [-0.1, -0.05) is 113 Å². The van der Waals surface area contributed by atoms with Crippen LogP contribution < -0.4 is 4.90 Å². The third-order valence-corrected chi connectivity index (χ3v) is 10.9. The van der Waals surface area contributed by atoms with E-state index < -0.39 is 0 Å². The average molecular weight is 534 g/mol. The Hall–Kier alpha value is -3.84. The van der Waals surface area contributed by atoms with Crippen LogP contribution in [0.2, 0.25) is 0 Å². The van der Waals surface area contributed by atoms with Gasteiger partial charge >= 0.3 is 0 Å². The zero-order valence-corrected chi connectivity index (χ0v) is 25.0. The molecular formula is C40H39N. The molecular weight excluding hydrogens is 494 g/mol. The number of rotatable bonds is 2. The summed E-state index contributed by atoms with van der Waals surface area (Å²) in [5.41, 5.74) is 8.60. The lowest BCUT2D eigenvalue weighted by Gasteiger charge is -2.50. The minimum atomic E-state index is 0.0537. The number of hydrogen-bond acceptors (Lipinski definition) is 1. The molecule has 0 spiro atoms. The summed E-state index contributed by atoms with van der Waals surface area (Å²) in [6, 6.07) is 37.3. The highest BCUT2D eigenvalue weighted by Gasteiger charge is 2.57. The van der Waals surface area contributed by atoms with Gasteiger partial charge in [0.2, 0.25) is 0 Å². The molecule has 1 nitrogen and oxygen atoms in total. The summed E-state index contributed by atoms with van der Waals surface area (Å²) in [5, 5.41) is 8.12. The van der Waals surface area contributed by atoms with E-state index in [0.29, 0.717) is 0 Å². The maximum atomic E-state index is 2.70. The van der Waals surface area contributed by atoms with Crippen molar-refractivity contribution < 1.29 is 0 Å². The van der Waals surface area contributed by atoms with Gasteiger partial charge in [0, 0.05) is 16.8 Å². The Bertz CT molecular complexity index is 1940. The van der Waals surface area contributed by atoms with Gasteiger partial charge in [-0.15, -0.1) is 0 Å². The van der Waals surface area contributed by atoms with Crippen LogP contribution in [0, 0.1) is 0 Å². The predicted octanol–water partition coefficient (Wildman–Crippen LogP) is 11.3. The standard InChI is InChI=1S/C40H39N/c1-38(2,3)30-16-18-31(19-17-30)41-35-22-15-29(25-34(35)39(4)23-6-7-24-40(39,41)5)32-20-13-28-12-11-26-9-8-10-27-14-21-33(32)37(28)36(26)27/h8-22,25H,6-7,23-24H2,1-5H3. The number of nitrogens with zero attached hydrogens (tertiary/aromatic N) is 1. The number of benzene rings is 6. The maximum absolute atomic E-state index is 2.70. The molecule has 1 heterocycles. The van der Waals surface area contributed by atoms with Gasteiger partial charge in [-0.25, -0.2) is 0 Å². The Labute approximate surface area is 244 Å². The van der Waals surface area contributed by atoms with Crippen LogP contribution in [0.5, 0.6) is 0 Å². The lowest BCUT2D eigenvalue weighted by atomic mass is 9.61. The van der Waals surface area contributed by atoms with E-state index in [1.54, 1.807) is 0 Å². The van der Waals surface area contributed by atoms with Crippen LogP contribution in [0.15, 0.2) is 97.1 Å². The van der Waals surface area contributed by atoms with E-state index in [-0.39, 0.29) is 16.4 Å². The van der Waals surface area contributed by atoms with E-state index in [1.807, 2.05) is 0 Å². The lowest BCUT2D eigenvalue weighted by Crippen LogP contribution is -2.54. The average Bonchev–Trinajstić information content (AvgIpc) is 3.18. The highest BCUT2D eigenvalue weighted by molar-refractivity contribution is 6.25. The minimum absolute atomic E-state index is 0.0537. The van der Waals surface area contributed by atoms with Crippen molar-refractivity contribution in [1.82, 2.24) is 0 Å². The zero-order chi connectivity index (χ0) is 28.1. The van der Waals surface area contributed by atoms with Crippen LogP contribution in [0.3, 0.4) is 0 Å². The van der Waals surface area contributed by atoms with Crippen molar-refractivity contribution in [1.29, 1.82) is 0 Å². The van der Waals surface area contributed by atoms with Crippen LogP contribution in [-0.2, 0) is 10.8 Å². The van der Waals surface area contributed by atoms with Gasteiger partial charge in [0.15, 0.2) is 0 Å². The van der Waals surface area contributed by atoms with Gasteiger partial charge in [0.05, 0.1) is 5.54 Å². The summed E-state index contributed by atoms with van der Waals surface area (Å²) >= 11 is 0. The first kappa shape index (κ1) is 24.9. The van der Waals surface area contributed by atoms with Crippen molar-refractivity contribution in [2.45, 2.75) is 76.7 Å². The molecule has 8 rings (SSSR count). The fraction of sp³-hybridized carbons (Fsp3) is 0.300. The van der Waals surface area contributed by atoms with Crippen molar-refractivity contribution >= 4 is 43.7 Å². The molecule has 1 saturated carbocycles. The Morgan fingerprint density at radius 3 is 2.05 bits per heavy atom. The van der Waals surface area contributed by atoms with Gasteiger partial charge < -0.3 is 4.90 Å². The van der Waals surface area contributed by atoms with E-state index in [0.717, 1.165) is 0 Å². The molecule has 0 amide bonds. The predicted molar refractivity (Wildman–Crippen MR) is 177 cm³/mol. The monoisotopic (exact) mass is 533 g/mol. The molecule has 2 unspecified atom stereocenters. The van der Waals surface area contributed by atoms with E-state index in [9.17, 15) is 0 Å². The maximum Gasteiger partial charge on any atom is 0.0517 e. The van der Waals surface area contributed by atoms with E-state index >= 15 is 0 Å². The second-order valence-corrected chi connectivity index (χ2v) is 14.1. The molecule has 0 bridgehead atoms. The highest BCUT2D eigenvalue weighted by atomic mass is 15.3. The normalized spacial score (nSPS) is 22.5. The van der Waals surface area contributed by atoms with Crippen molar-refractivity contribution in [3.8, 4) is 11.1 Å². The summed E-state index contributed by atoms with van der Waals surface area (Å²) in [7, 11) is 0. The molecule has 204 valence electrons. The van der Waals surface area contributed by atoms with E-state index in [2.05, 4.69) is 137 Å². The molecule has 1 aliphatic carbocycles. The lowest BCUT2D eigenvalue weighted by molar-refractivity contribution is 0.195. The molecule has 2 atom stereocenters. The largest absolute Gasteiger partial charge is 0.334 e. The first-order valence-corrected chi connectivity index (χ1v) is 15.4. The molecule has 0 aromatic heterocycles. The van der Waals surface area contributed by atoms with Crippen molar-refractivity contribution in [3.05, 3.63) is 108 Å². The fourth-order valence-corrected chi connectivity index (χ4v) is 8.40. The van der Waals surface area contributed by atoms with Crippen LogP contribution in [0.4, 0.5) is 11.4 Å². The quantitative estimate of drug-likeness (QED) is 0.200. The van der Waals surface area contributed by atoms with Gasteiger partial charge in [0.25, 0.3) is 0 Å². The first-order chi connectivity index (χ1) is 19.7. The van der Waals surface area contributed by atoms with E-state index in [4.69, 9.17) is 0 Å². The Morgan fingerprint density at radius 1 is 0.659 bits per heavy atom. The molecule has 41 heavy (non-hydrogen) atoms. The molecule has 0 saturated heterocycles. The second kappa shape index (κ2) is 8.35. The Morgan fingerprint density at radius 2 is 1.32 bits per heavy atom. The zero-order valence-electron chi connectivity index (χ0n) is 25.0. The topological polar surface area (TPSA) is 3.24 Å². The highest BCUT2D eigenvalue weighted by Crippen LogP contribution is 2.61. The third-order valence-electron chi connectivity index (χ3n) is 10.9. The summed E-state index contributed by atoms with van der Waals surface area (Å²) < 4.78 is 0. The first-order valence-electron chi connectivity index (χ1n) is 15.4. The fourth-order valence-electron chi connectivity index (χ4n) is 8.40. The molecule has 6 aromatic rings. The SMILES string of the molecule is CC(C)(C)c1ccc(N2c3ccc(-c4ccc5ccc6cccc7ccc4c5c67)cc3C3(C)CCCCC23C)cc1.